The van der Waals surface area contributed by atoms with E-state index >= 15 is 0 Å². The van der Waals surface area contributed by atoms with Gasteiger partial charge in [0.2, 0.25) is 5.89 Å². The highest BCUT2D eigenvalue weighted by molar-refractivity contribution is 7.99. The van der Waals surface area contributed by atoms with Crippen LogP contribution >= 0.6 is 11.8 Å². The lowest BCUT2D eigenvalue weighted by molar-refractivity contribution is 0.374. The molecule has 2 aromatic rings. The maximum absolute atomic E-state index is 5.44. The van der Waals surface area contributed by atoms with Gasteiger partial charge in [-0.15, -0.1) is 10.2 Å². The van der Waals surface area contributed by atoms with E-state index in [9.17, 15) is 0 Å². The summed E-state index contributed by atoms with van der Waals surface area (Å²) in [6.07, 6.45) is 8.15. The fourth-order valence-corrected chi connectivity index (χ4v) is 3.70. The summed E-state index contributed by atoms with van der Waals surface area (Å²) in [5.41, 5.74) is 0. The Hall–Kier alpha value is -1.37. The van der Waals surface area contributed by atoms with Crippen LogP contribution in [0.25, 0.3) is 0 Å². The van der Waals surface area contributed by atoms with E-state index in [0.717, 1.165) is 30.2 Å². The van der Waals surface area contributed by atoms with Crippen LogP contribution in [0.1, 0.15) is 87.1 Å². The molecular weight excluding hydrogens is 310 g/mol. The molecule has 0 spiro atoms. The average Bonchev–Trinajstić information content (AvgIpc) is 3.48. The van der Waals surface area contributed by atoms with Gasteiger partial charge in [-0.2, -0.15) is 4.98 Å². The number of rotatable bonds is 8. The SMILES string of the molecule is CCCCc1noc(C(C)Sc2nnc(C3CC3)n2C2CC2)n1. The Morgan fingerprint density at radius 2 is 2.09 bits per heavy atom. The van der Waals surface area contributed by atoms with Crippen LogP contribution in [0.15, 0.2) is 9.68 Å². The van der Waals surface area contributed by atoms with Crippen LogP contribution in [-0.2, 0) is 6.42 Å². The van der Waals surface area contributed by atoms with E-state index in [1.807, 2.05) is 0 Å². The molecule has 1 unspecified atom stereocenters. The molecule has 0 aliphatic heterocycles. The van der Waals surface area contributed by atoms with Gasteiger partial charge in [-0.05, 0) is 39.0 Å². The van der Waals surface area contributed by atoms with Crippen molar-refractivity contribution in [3.8, 4) is 0 Å². The summed E-state index contributed by atoms with van der Waals surface area (Å²) < 4.78 is 7.81. The Morgan fingerprint density at radius 1 is 1.26 bits per heavy atom. The van der Waals surface area contributed by atoms with Crippen LogP contribution in [0.3, 0.4) is 0 Å². The average molecular weight is 333 g/mol. The summed E-state index contributed by atoms with van der Waals surface area (Å²) in [6, 6.07) is 0.609. The zero-order chi connectivity index (χ0) is 15.8. The number of thioether (sulfide) groups is 1. The van der Waals surface area contributed by atoms with Crippen LogP contribution in [0, 0.1) is 0 Å². The van der Waals surface area contributed by atoms with Crippen LogP contribution in [-0.4, -0.2) is 24.9 Å². The molecule has 0 aromatic carbocycles. The van der Waals surface area contributed by atoms with Crippen molar-refractivity contribution in [2.75, 3.05) is 0 Å². The van der Waals surface area contributed by atoms with Gasteiger partial charge in [0, 0.05) is 18.4 Å². The zero-order valence-corrected chi connectivity index (χ0v) is 14.6. The van der Waals surface area contributed by atoms with E-state index in [4.69, 9.17) is 4.52 Å². The summed E-state index contributed by atoms with van der Waals surface area (Å²) in [5.74, 6) is 3.34. The standard InChI is InChI=1S/C16H23N5OS/c1-3-4-5-13-17-15(22-20-13)10(2)23-16-19-18-14(11-6-7-11)21(16)12-8-9-12/h10-12H,3-9H2,1-2H3. The van der Waals surface area contributed by atoms with Gasteiger partial charge < -0.3 is 9.09 Å². The highest BCUT2D eigenvalue weighted by atomic mass is 32.2. The van der Waals surface area contributed by atoms with Crippen LogP contribution in [0.2, 0.25) is 0 Å². The van der Waals surface area contributed by atoms with Crippen LogP contribution in [0.4, 0.5) is 0 Å². The van der Waals surface area contributed by atoms with Crippen LogP contribution < -0.4 is 0 Å². The van der Waals surface area contributed by atoms with Crippen molar-refractivity contribution in [3.05, 3.63) is 17.5 Å². The maximum Gasteiger partial charge on any atom is 0.239 e. The van der Waals surface area contributed by atoms with Gasteiger partial charge in [-0.25, -0.2) is 0 Å². The van der Waals surface area contributed by atoms with Crippen LogP contribution in [0.5, 0.6) is 0 Å². The molecule has 0 N–H and O–H groups in total. The van der Waals surface area contributed by atoms with E-state index < -0.39 is 0 Å². The number of hydrogen-bond acceptors (Lipinski definition) is 6. The normalized spacial score (nSPS) is 19.2. The number of aryl methyl sites for hydroxylation is 1. The molecule has 124 valence electrons. The lowest BCUT2D eigenvalue weighted by Gasteiger charge is -2.10. The summed E-state index contributed by atoms with van der Waals surface area (Å²) in [5, 5.41) is 14.1. The quantitative estimate of drug-likeness (QED) is 0.678. The van der Waals surface area contributed by atoms with Crippen molar-refractivity contribution in [1.82, 2.24) is 24.9 Å². The second-order valence-corrected chi connectivity index (χ2v) is 7.94. The van der Waals surface area contributed by atoms with Crippen molar-refractivity contribution in [1.29, 1.82) is 0 Å². The Balaban J connectivity index is 1.48. The molecule has 0 bridgehead atoms. The number of nitrogens with zero attached hydrogens (tertiary/aromatic N) is 5. The molecule has 2 heterocycles. The molecule has 2 aromatic heterocycles. The second-order valence-electron chi connectivity index (χ2n) is 6.63. The highest BCUT2D eigenvalue weighted by Crippen LogP contribution is 2.47. The second kappa shape index (κ2) is 6.26. The summed E-state index contributed by atoms with van der Waals surface area (Å²) in [7, 11) is 0. The van der Waals surface area contributed by atoms with Gasteiger partial charge >= 0.3 is 0 Å². The first-order chi connectivity index (χ1) is 11.3. The summed E-state index contributed by atoms with van der Waals surface area (Å²) >= 11 is 1.69. The molecule has 7 heteroatoms. The van der Waals surface area contributed by atoms with E-state index in [-0.39, 0.29) is 5.25 Å². The molecule has 6 nitrogen and oxygen atoms in total. The third kappa shape index (κ3) is 3.29. The van der Waals surface area contributed by atoms with Gasteiger partial charge in [0.1, 0.15) is 5.82 Å². The predicted octanol–water partition coefficient (Wildman–Crippen LogP) is 4.07. The molecular formula is C16H23N5OS. The monoisotopic (exact) mass is 333 g/mol. The number of aromatic nitrogens is 5. The molecule has 2 fully saturated rings. The predicted molar refractivity (Wildman–Crippen MR) is 87.5 cm³/mol. The Morgan fingerprint density at radius 3 is 2.78 bits per heavy atom. The first-order valence-electron chi connectivity index (χ1n) is 8.70. The third-order valence-corrected chi connectivity index (χ3v) is 5.46. The molecule has 0 saturated heterocycles. The number of hydrogen-bond donors (Lipinski definition) is 0. The molecule has 1 atom stereocenters. The van der Waals surface area contributed by atoms with Crippen molar-refractivity contribution in [3.63, 3.8) is 0 Å². The summed E-state index contributed by atoms with van der Waals surface area (Å²) in [4.78, 5) is 4.53. The molecule has 2 aliphatic carbocycles. The molecule has 0 amide bonds. The molecule has 0 radical (unpaired) electrons. The minimum absolute atomic E-state index is 0.103. The first-order valence-corrected chi connectivity index (χ1v) is 9.58. The van der Waals surface area contributed by atoms with Crippen molar-refractivity contribution >= 4 is 11.8 Å². The molecule has 2 aliphatic rings. The smallest absolute Gasteiger partial charge is 0.239 e. The lowest BCUT2D eigenvalue weighted by atomic mass is 10.2. The number of unbranched alkanes of at least 4 members (excludes halogenated alkanes) is 1. The topological polar surface area (TPSA) is 69.6 Å². The van der Waals surface area contributed by atoms with Gasteiger partial charge in [-0.3, -0.25) is 0 Å². The molecule has 23 heavy (non-hydrogen) atoms. The van der Waals surface area contributed by atoms with Gasteiger partial charge in [0.05, 0.1) is 5.25 Å². The van der Waals surface area contributed by atoms with E-state index in [1.54, 1.807) is 11.8 Å². The molecule has 2 saturated carbocycles. The Kier molecular flexibility index (Phi) is 4.13. The van der Waals surface area contributed by atoms with Gasteiger partial charge in [-0.1, -0.05) is 30.3 Å². The molecule has 4 rings (SSSR count). The van der Waals surface area contributed by atoms with Crippen molar-refractivity contribution in [2.45, 2.75) is 81.2 Å². The highest BCUT2D eigenvalue weighted by Gasteiger charge is 2.37. The zero-order valence-electron chi connectivity index (χ0n) is 13.7. The Labute approximate surface area is 140 Å². The lowest BCUT2D eigenvalue weighted by Crippen LogP contribution is -2.03. The van der Waals surface area contributed by atoms with E-state index in [0.29, 0.717) is 17.9 Å². The van der Waals surface area contributed by atoms with E-state index in [1.165, 1.54) is 31.5 Å². The fourth-order valence-electron chi connectivity index (χ4n) is 2.74. The van der Waals surface area contributed by atoms with E-state index in [2.05, 4.69) is 38.8 Å². The largest absolute Gasteiger partial charge is 0.338 e. The van der Waals surface area contributed by atoms with Crippen molar-refractivity contribution in [2.24, 2.45) is 0 Å². The Bertz CT molecular complexity index is 674. The van der Waals surface area contributed by atoms with Gasteiger partial charge in [0.15, 0.2) is 11.0 Å². The fraction of sp³-hybridized carbons (Fsp3) is 0.750. The first kappa shape index (κ1) is 15.2. The third-order valence-electron chi connectivity index (χ3n) is 4.41. The summed E-state index contributed by atoms with van der Waals surface area (Å²) in [6.45, 7) is 4.27. The van der Waals surface area contributed by atoms with Gasteiger partial charge in [0.25, 0.3) is 0 Å². The van der Waals surface area contributed by atoms with Crippen molar-refractivity contribution < 1.29 is 4.52 Å². The minimum Gasteiger partial charge on any atom is -0.338 e. The maximum atomic E-state index is 5.44. The minimum atomic E-state index is 0.103.